The Bertz CT molecular complexity index is 1200. The Balaban J connectivity index is 1.25. The molecular formula is C26H28F3N5. The van der Waals surface area contributed by atoms with Crippen LogP contribution in [0, 0.1) is 11.3 Å². The number of rotatable bonds is 5. The number of aromatic nitrogens is 1. The molecule has 8 heteroatoms. The van der Waals surface area contributed by atoms with Crippen LogP contribution in [0.3, 0.4) is 0 Å². The summed E-state index contributed by atoms with van der Waals surface area (Å²) >= 11 is 0. The fourth-order valence-corrected chi connectivity index (χ4v) is 5.09. The van der Waals surface area contributed by atoms with Gasteiger partial charge in [-0.25, -0.2) is 0 Å². The van der Waals surface area contributed by atoms with Crippen LogP contribution in [0.15, 0.2) is 42.6 Å². The van der Waals surface area contributed by atoms with E-state index in [0.29, 0.717) is 12.1 Å². The van der Waals surface area contributed by atoms with Crippen LogP contribution in [0.25, 0.3) is 10.9 Å². The van der Waals surface area contributed by atoms with Gasteiger partial charge in [0.1, 0.15) is 0 Å². The molecule has 2 fully saturated rings. The molecule has 2 aliphatic rings. The molecule has 0 aliphatic carbocycles. The third-order valence-corrected chi connectivity index (χ3v) is 7.01. The van der Waals surface area contributed by atoms with Crippen molar-refractivity contribution in [2.75, 3.05) is 44.2 Å². The van der Waals surface area contributed by atoms with E-state index in [1.54, 1.807) is 6.07 Å². The zero-order chi connectivity index (χ0) is 23.7. The van der Waals surface area contributed by atoms with E-state index in [4.69, 9.17) is 0 Å². The summed E-state index contributed by atoms with van der Waals surface area (Å²) in [6.45, 7) is 6.63. The van der Waals surface area contributed by atoms with Crippen molar-refractivity contribution in [2.45, 2.75) is 32.1 Å². The quantitative estimate of drug-likeness (QED) is 0.575. The minimum Gasteiger partial charge on any atom is -0.371 e. The number of hydrogen-bond acceptors (Lipinski definition) is 4. The first-order valence-corrected chi connectivity index (χ1v) is 11.8. The third-order valence-electron chi connectivity index (χ3n) is 7.01. The molecule has 0 spiro atoms. The second kappa shape index (κ2) is 9.32. The number of hydrogen-bond donors (Lipinski definition) is 1. The summed E-state index contributed by atoms with van der Waals surface area (Å²) in [5.41, 5.74) is 4.01. The molecule has 1 N–H and O–H groups in total. The van der Waals surface area contributed by atoms with Crippen molar-refractivity contribution in [2.24, 2.45) is 0 Å². The van der Waals surface area contributed by atoms with Gasteiger partial charge in [0.05, 0.1) is 17.2 Å². The van der Waals surface area contributed by atoms with Crippen LogP contribution in [-0.2, 0) is 19.3 Å². The Labute approximate surface area is 197 Å². The summed E-state index contributed by atoms with van der Waals surface area (Å²) in [5, 5.41) is 10.3. The Morgan fingerprint density at radius 3 is 2.18 bits per heavy atom. The van der Waals surface area contributed by atoms with E-state index in [9.17, 15) is 18.4 Å². The van der Waals surface area contributed by atoms with E-state index >= 15 is 0 Å². The van der Waals surface area contributed by atoms with Gasteiger partial charge in [-0.3, -0.25) is 9.80 Å². The van der Waals surface area contributed by atoms with E-state index < -0.39 is 11.7 Å². The van der Waals surface area contributed by atoms with Crippen molar-refractivity contribution in [3.63, 3.8) is 0 Å². The fourth-order valence-electron chi connectivity index (χ4n) is 5.09. The lowest BCUT2D eigenvalue weighted by Gasteiger charge is -2.35. The van der Waals surface area contributed by atoms with E-state index in [2.05, 4.69) is 25.8 Å². The minimum absolute atomic E-state index is 0.568. The molecule has 34 heavy (non-hydrogen) atoms. The summed E-state index contributed by atoms with van der Waals surface area (Å²) in [6.07, 6.45) is -0.256. The highest BCUT2D eigenvalue weighted by Crippen LogP contribution is 2.35. The Kier molecular flexibility index (Phi) is 6.24. The molecule has 0 unspecified atom stereocenters. The van der Waals surface area contributed by atoms with Crippen LogP contribution in [0.2, 0.25) is 0 Å². The molecule has 3 aromatic rings. The predicted molar refractivity (Wildman–Crippen MR) is 126 cm³/mol. The fraction of sp³-hybridized carbons (Fsp3) is 0.423. The normalized spacial score (nSPS) is 18.0. The summed E-state index contributed by atoms with van der Waals surface area (Å²) < 4.78 is 40.0. The number of benzene rings is 2. The molecule has 0 saturated carbocycles. The lowest BCUT2D eigenvalue weighted by atomic mass is 10.1. The predicted octanol–water partition coefficient (Wildman–Crippen LogP) is 4.98. The van der Waals surface area contributed by atoms with Gasteiger partial charge in [0, 0.05) is 75.1 Å². The maximum Gasteiger partial charge on any atom is 0.416 e. The minimum atomic E-state index is -4.32. The molecule has 0 radical (unpaired) electrons. The average molecular weight is 468 g/mol. The van der Waals surface area contributed by atoms with Crippen LogP contribution in [0.4, 0.5) is 18.9 Å². The average Bonchev–Trinajstić information content (AvgIpc) is 3.50. The number of halogens is 3. The van der Waals surface area contributed by atoms with Gasteiger partial charge >= 0.3 is 6.18 Å². The van der Waals surface area contributed by atoms with Gasteiger partial charge in [-0.2, -0.15) is 18.4 Å². The SMILES string of the molecule is N#Cc1ccc2[nH]cc(CN3CCN(Cc4ccc(C(F)(F)F)cc4N4CCCC4)CC3)c2c1. The first kappa shape index (κ1) is 22.8. The first-order chi connectivity index (χ1) is 16.4. The van der Waals surface area contributed by atoms with Gasteiger partial charge in [-0.1, -0.05) is 6.07 Å². The van der Waals surface area contributed by atoms with Gasteiger partial charge < -0.3 is 9.88 Å². The molecule has 0 amide bonds. The molecule has 178 valence electrons. The van der Waals surface area contributed by atoms with Gasteiger partial charge in [0.15, 0.2) is 0 Å². The van der Waals surface area contributed by atoms with E-state index in [1.165, 1.54) is 17.7 Å². The largest absolute Gasteiger partial charge is 0.416 e. The van der Waals surface area contributed by atoms with Crippen molar-refractivity contribution in [1.29, 1.82) is 5.26 Å². The highest BCUT2D eigenvalue weighted by atomic mass is 19.4. The van der Waals surface area contributed by atoms with Crippen molar-refractivity contribution < 1.29 is 13.2 Å². The summed E-state index contributed by atoms with van der Waals surface area (Å²) in [6, 6.07) is 12.1. The standard InChI is InChI=1S/C26H28F3N5/c27-26(28,29)22-5-4-20(25(14-22)34-7-1-2-8-34)17-32-9-11-33(12-10-32)18-21-16-31-24-6-3-19(15-30)13-23(21)24/h3-6,13-14,16,31H,1-2,7-12,17-18H2. The van der Waals surface area contributed by atoms with Crippen LogP contribution in [0.5, 0.6) is 0 Å². The van der Waals surface area contributed by atoms with Gasteiger partial charge in [-0.15, -0.1) is 0 Å². The zero-order valence-corrected chi connectivity index (χ0v) is 19.0. The Morgan fingerprint density at radius 2 is 1.53 bits per heavy atom. The lowest BCUT2D eigenvalue weighted by molar-refractivity contribution is -0.137. The van der Waals surface area contributed by atoms with E-state index in [1.807, 2.05) is 24.4 Å². The van der Waals surface area contributed by atoms with Crippen LogP contribution < -0.4 is 4.90 Å². The second-order valence-corrected chi connectivity index (χ2v) is 9.27. The maximum absolute atomic E-state index is 13.3. The number of piperazine rings is 1. The number of anilines is 1. The first-order valence-electron chi connectivity index (χ1n) is 11.8. The van der Waals surface area contributed by atoms with E-state index in [0.717, 1.165) is 80.8 Å². The van der Waals surface area contributed by atoms with Crippen LogP contribution in [-0.4, -0.2) is 54.1 Å². The van der Waals surface area contributed by atoms with Crippen molar-refractivity contribution in [1.82, 2.24) is 14.8 Å². The number of fused-ring (bicyclic) bond motifs is 1. The number of alkyl halides is 3. The smallest absolute Gasteiger partial charge is 0.371 e. The Morgan fingerprint density at radius 1 is 0.853 bits per heavy atom. The molecule has 3 heterocycles. The Hall–Kier alpha value is -3.02. The number of nitrogens with one attached hydrogen (secondary N) is 1. The summed E-state index contributed by atoms with van der Waals surface area (Å²) in [4.78, 5) is 10.1. The number of H-pyrrole nitrogens is 1. The summed E-state index contributed by atoms with van der Waals surface area (Å²) in [7, 11) is 0. The third kappa shape index (κ3) is 4.77. The van der Waals surface area contributed by atoms with Crippen LogP contribution >= 0.6 is 0 Å². The van der Waals surface area contributed by atoms with Gasteiger partial charge in [0.25, 0.3) is 0 Å². The molecule has 2 aromatic carbocycles. The number of nitriles is 1. The van der Waals surface area contributed by atoms with Crippen molar-refractivity contribution >= 4 is 16.6 Å². The van der Waals surface area contributed by atoms with Crippen LogP contribution in [0.1, 0.15) is 35.1 Å². The second-order valence-electron chi connectivity index (χ2n) is 9.27. The summed E-state index contributed by atoms with van der Waals surface area (Å²) in [5.74, 6) is 0. The maximum atomic E-state index is 13.3. The molecule has 0 bridgehead atoms. The molecule has 2 saturated heterocycles. The number of nitrogens with zero attached hydrogens (tertiary/aromatic N) is 4. The molecule has 0 atom stereocenters. The van der Waals surface area contributed by atoms with Gasteiger partial charge in [0.2, 0.25) is 0 Å². The molecule has 5 rings (SSSR count). The molecular weight excluding hydrogens is 439 g/mol. The van der Waals surface area contributed by atoms with E-state index in [-0.39, 0.29) is 0 Å². The number of aromatic amines is 1. The monoisotopic (exact) mass is 467 g/mol. The topological polar surface area (TPSA) is 49.3 Å². The highest BCUT2D eigenvalue weighted by Gasteiger charge is 2.32. The molecule has 5 nitrogen and oxygen atoms in total. The van der Waals surface area contributed by atoms with Crippen molar-refractivity contribution in [3.05, 3.63) is 64.8 Å². The molecule has 2 aliphatic heterocycles. The lowest BCUT2D eigenvalue weighted by Crippen LogP contribution is -2.45. The van der Waals surface area contributed by atoms with Gasteiger partial charge in [-0.05, 0) is 54.3 Å². The van der Waals surface area contributed by atoms with Crippen molar-refractivity contribution in [3.8, 4) is 6.07 Å². The zero-order valence-electron chi connectivity index (χ0n) is 19.0. The highest BCUT2D eigenvalue weighted by molar-refractivity contribution is 5.84. The molecule has 1 aromatic heterocycles.